The van der Waals surface area contributed by atoms with Gasteiger partial charge in [0, 0.05) is 25.7 Å². The third-order valence-corrected chi connectivity index (χ3v) is 5.69. The van der Waals surface area contributed by atoms with E-state index >= 15 is 0 Å². The third-order valence-electron chi connectivity index (χ3n) is 4.43. The van der Waals surface area contributed by atoms with E-state index in [2.05, 4.69) is 23.8 Å². The van der Waals surface area contributed by atoms with Gasteiger partial charge in [-0.05, 0) is 32.7 Å². The summed E-state index contributed by atoms with van der Waals surface area (Å²) in [5, 5.41) is 11.2. The second kappa shape index (κ2) is 5.38. The number of aliphatic hydroxyl groups is 1. The van der Waals surface area contributed by atoms with Crippen LogP contribution in [0.4, 0.5) is 5.13 Å². The van der Waals surface area contributed by atoms with Crippen LogP contribution in [0, 0.1) is 0 Å². The highest BCUT2D eigenvalue weighted by Crippen LogP contribution is 2.37. The molecular formula is C14H23N3OS. The van der Waals surface area contributed by atoms with Gasteiger partial charge in [0.25, 0.3) is 0 Å². The Hall–Kier alpha value is -0.650. The first kappa shape index (κ1) is 13.3. The van der Waals surface area contributed by atoms with E-state index in [4.69, 9.17) is 4.98 Å². The quantitative estimate of drug-likeness (QED) is 0.900. The molecule has 3 rings (SSSR count). The maximum absolute atomic E-state index is 10.1. The second-order valence-corrected chi connectivity index (χ2v) is 6.71. The fraction of sp³-hybridized carbons (Fsp3) is 0.786. The number of likely N-dealkylation sites (N-methyl/N-ethyl adjacent to an activating group) is 1. The van der Waals surface area contributed by atoms with Crippen molar-refractivity contribution < 1.29 is 5.11 Å². The zero-order chi connectivity index (χ0) is 13.4. The monoisotopic (exact) mass is 281 g/mol. The normalized spacial score (nSPS) is 28.5. The molecular weight excluding hydrogens is 258 g/mol. The summed E-state index contributed by atoms with van der Waals surface area (Å²) >= 11 is 1.71. The lowest BCUT2D eigenvalue weighted by Crippen LogP contribution is -2.51. The van der Waals surface area contributed by atoms with Gasteiger partial charge >= 0.3 is 0 Å². The molecule has 1 aliphatic carbocycles. The minimum absolute atomic E-state index is 0.274. The van der Waals surface area contributed by atoms with Crippen LogP contribution in [0.2, 0.25) is 0 Å². The van der Waals surface area contributed by atoms with Gasteiger partial charge in [0.2, 0.25) is 0 Å². The minimum Gasteiger partial charge on any atom is -0.388 e. The second-order valence-electron chi connectivity index (χ2n) is 5.70. The molecule has 0 radical (unpaired) electrons. The largest absolute Gasteiger partial charge is 0.388 e. The summed E-state index contributed by atoms with van der Waals surface area (Å²) in [7, 11) is 2.21. The van der Waals surface area contributed by atoms with Crippen LogP contribution in [0.3, 0.4) is 0 Å². The third kappa shape index (κ3) is 2.51. The van der Waals surface area contributed by atoms with Crippen LogP contribution in [0.5, 0.6) is 0 Å². The molecule has 0 aromatic carbocycles. The van der Waals surface area contributed by atoms with Crippen molar-refractivity contribution in [1.29, 1.82) is 0 Å². The van der Waals surface area contributed by atoms with E-state index in [1.807, 2.05) is 0 Å². The Morgan fingerprint density at radius 3 is 3.00 bits per heavy atom. The van der Waals surface area contributed by atoms with Gasteiger partial charge in [0.05, 0.1) is 16.7 Å². The van der Waals surface area contributed by atoms with E-state index in [-0.39, 0.29) is 6.10 Å². The molecule has 1 saturated heterocycles. The number of aromatic nitrogens is 1. The van der Waals surface area contributed by atoms with Crippen molar-refractivity contribution in [3.63, 3.8) is 0 Å². The van der Waals surface area contributed by atoms with Crippen molar-refractivity contribution in [1.82, 2.24) is 9.88 Å². The number of aliphatic hydroxyl groups excluding tert-OH is 1. The lowest BCUT2D eigenvalue weighted by Gasteiger charge is -2.39. The minimum atomic E-state index is -0.274. The highest BCUT2D eigenvalue weighted by molar-refractivity contribution is 7.15. The topological polar surface area (TPSA) is 39.6 Å². The standard InChI is InChI=1S/C14H23N3OS/c1-3-10-9-17(8-7-16(10)2)14-15-11-5-4-6-12(18)13(11)19-14/h10,12,18H,3-9H2,1-2H3. The first-order valence-electron chi connectivity index (χ1n) is 7.32. The molecule has 0 spiro atoms. The highest BCUT2D eigenvalue weighted by Gasteiger charge is 2.28. The van der Waals surface area contributed by atoms with Gasteiger partial charge in [-0.1, -0.05) is 18.3 Å². The predicted octanol–water partition coefficient (Wildman–Crippen LogP) is 2.04. The van der Waals surface area contributed by atoms with Crippen molar-refractivity contribution in [2.45, 2.75) is 44.8 Å². The van der Waals surface area contributed by atoms with Crippen molar-refractivity contribution in [2.75, 3.05) is 31.6 Å². The van der Waals surface area contributed by atoms with E-state index in [1.54, 1.807) is 11.3 Å². The lowest BCUT2D eigenvalue weighted by molar-refractivity contribution is 0.160. The van der Waals surface area contributed by atoms with Crippen LogP contribution in [0.15, 0.2) is 0 Å². The molecule has 0 saturated carbocycles. The number of nitrogens with zero attached hydrogens (tertiary/aromatic N) is 3. The molecule has 1 N–H and O–H groups in total. The number of anilines is 1. The average molecular weight is 281 g/mol. The van der Waals surface area contributed by atoms with Crippen LogP contribution < -0.4 is 4.90 Å². The number of piperazine rings is 1. The summed E-state index contributed by atoms with van der Waals surface area (Å²) in [5.41, 5.74) is 1.14. The first-order valence-corrected chi connectivity index (χ1v) is 8.13. The Morgan fingerprint density at radius 2 is 2.26 bits per heavy atom. The van der Waals surface area contributed by atoms with Gasteiger partial charge in [-0.3, -0.25) is 4.90 Å². The first-order chi connectivity index (χ1) is 9.19. The maximum Gasteiger partial charge on any atom is 0.185 e. The average Bonchev–Trinajstić information content (AvgIpc) is 2.85. The Bertz CT molecular complexity index is 448. The summed E-state index contributed by atoms with van der Waals surface area (Å²) in [6.07, 6.45) is 3.91. The van der Waals surface area contributed by atoms with Crippen LogP contribution in [-0.4, -0.2) is 47.7 Å². The molecule has 0 amide bonds. The fourth-order valence-corrected chi connectivity index (χ4v) is 4.25. The van der Waals surface area contributed by atoms with E-state index in [1.165, 1.54) is 6.42 Å². The van der Waals surface area contributed by atoms with E-state index in [0.717, 1.165) is 54.6 Å². The zero-order valence-corrected chi connectivity index (χ0v) is 12.6. The number of hydrogen-bond acceptors (Lipinski definition) is 5. The van der Waals surface area contributed by atoms with Crippen molar-refractivity contribution in [3.05, 3.63) is 10.6 Å². The molecule has 2 atom stereocenters. The summed E-state index contributed by atoms with van der Waals surface area (Å²) in [4.78, 5) is 10.8. The van der Waals surface area contributed by atoms with Gasteiger partial charge in [-0.2, -0.15) is 0 Å². The molecule has 0 bridgehead atoms. The van der Waals surface area contributed by atoms with Crippen molar-refractivity contribution in [2.24, 2.45) is 0 Å². The zero-order valence-electron chi connectivity index (χ0n) is 11.8. The molecule has 2 aliphatic rings. The molecule has 2 heterocycles. The molecule has 1 aromatic heterocycles. The molecule has 1 aliphatic heterocycles. The molecule has 4 nitrogen and oxygen atoms in total. The Labute approximate surface area is 119 Å². The van der Waals surface area contributed by atoms with E-state index in [0.29, 0.717) is 6.04 Å². The fourth-order valence-electron chi connectivity index (χ4n) is 3.08. The summed E-state index contributed by atoms with van der Waals surface area (Å²) in [6.45, 7) is 5.47. The number of hydrogen-bond donors (Lipinski definition) is 1. The molecule has 1 fully saturated rings. The molecule has 2 unspecified atom stereocenters. The van der Waals surface area contributed by atoms with Gasteiger partial charge < -0.3 is 10.0 Å². The lowest BCUT2D eigenvalue weighted by atomic mass is 10.0. The Kier molecular flexibility index (Phi) is 3.78. The summed E-state index contributed by atoms with van der Waals surface area (Å²) in [6, 6.07) is 0.625. The van der Waals surface area contributed by atoms with Gasteiger partial charge in [0.1, 0.15) is 0 Å². The molecule has 1 aromatic rings. The SMILES string of the molecule is CCC1CN(c2nc3c(s2)C(O)CCC3)CCN1C. The molecule has 5 heteroatoms. The van der Waals surface area contributed by atoms with Crippen LogP contribution in [-0.2, 0) is 6.42 Å². The number of aryl methyl sites for hydroxylation is 1. The Balaban J connectivity index is 1.79. The van der Waals surface area contributed by atoms with E-state index in [9.17, 15) is 5.11 Å². The van der Waals surface area contributed by atoms with Crippen molar-refractivity contribution in [3.8, 4) is 0 Å². The molecule has 106 valence electrons. The number of thiazole rings is 1. The van der Waals surface area contributed by atoms with Crippen LogP contribution >= 0.6 is 11.3 Å². The maximum atomic E-state index is 10.1. The van der Waals surface area contributed by atoms with Gasteiger partial charge in [0.15, 0.2) is 5.13 Å². The molecule has 19 heavy (non-hydrogen) atoms. The van der Waals surface area contributed by atoms with Gasteiger partial charge in [-0.15, -0.1) is 0 Å². The number of fused-ring (bicyclic) bond motifs is 1. The van der Waals surface area contributed by atoms with Crippen LogP contribution in [0.1, 0.15) is 42.9 Å². The summed E-state index contributed by atoms with van der Waals surface area (Å²) < 4.78 is 0. The van der Waals surface area contributed by atoms with Gasteiger partial charge in [-0.25, -0.2) is 4.98 Å². The van der Waals surface area contributed by atoms with Crippen molar-refractivity contribution >= 4 is 16.5 Å². The predicted molar refractivity (Wildman–Crippen MR) is 78.9 cm³/mol. The summed E-state index contributed by atoms with van der Waals surface area (Å²) in [5.74, 6) is 0. The Morgan fingerprint density at radius 1 is 1.42 bits per heavy atom. The van der Waals surface area contributed by atoms with E-state index < -0.39 is 0 Å². The van der Waals surface area contributed by atoms with Crippen LogP contribution in [0.25, 0.3) is 0 Å². The smallest absolute Gasteiger partial charge is 0.185 e. The highest BCUT2D eigenvalue weighted by atomic mass is 32.1. The number of rotatable bonds is 2.